The second-order valence-electron chi connectivity index (χ2n) is 29.0. The van der Waals surface area contributed by atoms with E-state index in [4.69, 9.17) is 4.74 Å². The van der Waals surface area contributed by atoms with Crippen molar-refractivity contribution in [2.75, 3.05) is 61.9 Å². The van der Waals surface area contributed by atoms with E-state index in [1.54, 1.807) is 55.4 Å². The first-order chi connectivity index (χ1) is 45.4. The van der Waals surface area contributed by atoms with E-state index in [-0.39, 0.29) is 75.9 Å². The molecule has 1 rings (SSSR count). The minimum atomic E-state index is -1.70. The van der Waals surface area contributed by atoms with Crippen molar-refractivity contribution in [2.45, 2.75) is 256 Å². The molecule has 13 amide bonds. The fourth-order valence-electron chi connectivity index (χ4n) is 11.9. The number of nitrogens with one attached hydrogen (secondary N) is 7. The summed E-state index contributed by atoms with van der Waals surface area (Å²) in [6.07, 6.45) is -0.874. The molecule has 28 heteroatoms. The number of esters is 1. The zero-order valence-electron chi connectivity index (χ0n) is 63.8. The number of hydrogen-bond donors (Lipinski definition) is 7. The average Bonchev–Trinajstić information content (AvgIpc) is 0.833. The van der Waals surface area contributed by atoms with Gasteiger partial charge in [0.2, 0.25) is 76.8 Å². The van der Waals surface area contributed by atoms with E-state index in [0.29, 0.717) is 19.3 Å². The minimum absolute atomic E-state index is 0.0851. The van der Waals surface area contributed by atoms with Crippen molar-refractivity contribution < 1.29 is 71.9 Å². The Morgan fingerprint density at radius 1 is 0.551 bits per heavy atom. The second-order valence-corrected chi connectivity index (χ2v) is 29.0. The third kappa shape index (κ3) is 26.7. The molecule has 0 unspecified atom stereocenters. The maximum atomic E-state index is 15.0. The first kappa shape index (κ1) is 88.6. The maximum Gasteiger partial charge on any atom is 0.329 e. The predicted octanol–water partition coefficient (Wildman–Crippen LogP) is 2.98. The average molecular weight is 1390 g/mol. The van der Waals surface area contributed by atoms with Gasteiger partial charge in [0, 0.05) is 88.1 Å². The Balaban J connectivity index is 4.22. The summed E-state index contributed by atoms with van der Waals surface area (Å²) >= 11 is 0. The highest BCUT2D eigenvalue weighted by molar-refractivity contribution is 5.97. The van der Waals surface area contributed by atoms with Gasteiger partial charge in [0.25, 0.3) is 0 Å². The number of ether oxygens (including phenoxy) is 1. The monoisotopic (exact) mass is 1390 g/mol. The number of amides is 13. The highest BCUT2D eigenvalue weighted by atomic mass is 16.5. The zero-order chi connectivity index (χ0) is 75.7. The van der Waals surface area contributed by atoms with Crippen molar-refractivity contribution in [2.24, 2.45) is 47.3 Å². The largest absolute Gasteiger partial charge is 0.458 e. The van der Waals surface area contributed by atoms with Crippen LogP contribution in [0.2, 0.25) is 0 Å². The molecule has 560 valence electrons. The van der Waals surface area contributed by atoms with Crippen molar-refractivity contribution in [3.8, 4) is 0 Å². The van der Waals surface area contributed by atoms with Crippen LogP contribution in [0.15, 0.2) is 0 Å². The van der Waals surface area contributed by atoms with Crippen LogP contribution in [-0.4, -0.2) is 241 Å². The lowest BCUT2D eigenvalue weighted by atomic mass is 9.94. The summed E-state index contributed by atoms with van der Waals surface area (Å²) in [7, 11) is 8.49. The molecule has 0 aromatic rings. The van der Waals surface area contributed by atoms with Crippen molar-refractivity contribution in [1.82, 2.24) is 66.6 Å². The lowest BCUT2D eigenvalue weighted by molar-refractivity contribution is -0.164. The summed E-state index contributed by atoms with van der Waals surface area (Å²) in [5, 5.41) is 19.3. The first-order valence-corrected chi connectivity index (χ1v) is 35.2. The van der Waals surface area contributed by atoms with Crippen LogP contribution < -0.4 is 37.2 Å². The smallest absolute Gasteiger partial charge is 0.329 e. The maximum absolute atomic E-state index is 15.0. The van der Waals surface area contributed by atoms with Crippen LogP contribution in [0.1, 0.15) is 189 Å². The Labute approximate surface area is 584 Å². The summed E-state index contributed by atoms with van der Waals surface area (Å²) in [4.78, 5) is 206. The van der Waals surface area contributed by atoms with E-state index >= 15 is 4.79 Å². The number of carbonyl (C=O) groups is 14. The highest BCUT2D eigenvalue weighted by Gasteiger charge is 2.44. The number of hydrogen-bond acceptors (Lipinski definition) is 15. The van der Waals surface area contributed by atoms with Gasteiger partial charge in [0.15, 0.2) is 0 Å². The van der Waals surface area contributed by atoms with Crippen LogP contribution in [0.5, 0.6) is 0 Å². The molecule has 0 aromatic carbocycles. The molecule has 0 radical (unpaired) electrons. The van der Waals surface area contributed by atoms with Gasteiger partial charge in [-0.05, 0) is 80.5 Å². The van der Waals surface area contributed by atoms with Crippen molar-refractivity contribution in [3.63, 3.8) is 0 Å². The second kappa shape index (κ2) is 41.9. The SMILES string of the molecule is CC[C@H](C)[C@H]1C(=O)NCCC(=O)N[C@H]([C@@H](C)CC)C(=O)N(C)[C@@H](C(C)C)C(=O)N(C)[C@@H](C)C(=O)NCCC(=O)N[C@H](CC(C)C)C(=O)N(C)[C@H]([C@@H](C)CC)C(=O)O[C@H](C)[C@H](NC(=O)[C@H](CC(C)C)N(C)C(=O)[C@H](NC(C)=O)C(C)C)C(=O)N(C)CCC(=O)N[C@H](CC(C)C)C(=O)N1C. The predicted molar refractivity (Wildman–Crippen MR) is 373 cm³/mol. The molecule has 7 N–H and O–H groups in total. The van der Waals surface area contributed by atoms with E-state index in [9.17, 15) is 62.3 Å². The van der Waals surface area contributed by atoms with Gasteiger partial charge in [-0.3, -0.25) is 62.3 Å². The van der Waals surface area contributed by atoms with Gasteiger partial charge in [0.05, 0.1) is 0 Å². The molecule has 1 heterocycles. The molecule has 0 aromatic heterocycles. The summed E-state index contributed by atoms with van der Waals surface area (Å²) in [5.41, 5.74) is 0. The Morgan fingerprint density at radius 2 is 1.00 bits per heavy atom. The number of likely N-dealkylation sites (N-methyl/N-ethyl adjacent to an activating group) is 6. The summed E-state index contributed by atoms with van der Waals surface area (Å²) < 4.78 is 6.15. The zero-order valence-corrected chi connectivity index (χ0v) is 63.8. The Bertz CT molecular complexity index is 2730. The molecule has 0 bridgehead atoms. The van der Waals surface area contributed by atoms with Gasteiger partial charge >= 0.3 is 5.97 Å². The van der Waals surface area contributed by atoms with Crippen LogP contribution in [0.4, 0.5) is 0 Å². The van der Waals surface area contributed by atoms with Gasteiger partial charge in [-0.1, -0.05) is 130 Å². The van der Waals surface area contributed by atoms with Gasteiger partial charge in [-0.25, -0.2) is 4.79 Å². The van der Waals surface area contributed by atoms with Crippen molar-refractivity contribution >= 4 is 82.8 Å². The van der Waals surface area contributed by atoms with E-state index < -0.39 is 179 Å². The third-order valence-corrected chi connectivity index (χ3v) is 18.6. The van der Waals surface area contributed by atoms with E-state index in [1.807, 2.05) is 55.4 Å². The van der Waals surface area contributed by atoms with Crippen LogP contribution in [0.25, 0.3) is 0 Å². The van der Waals surface area contributed by atoms with Crippen LogP contribution in [-0.2, 0) is 71.9 Å². The summed E-state index contributed by atoms with van der Waals surface area (Å²) in [6, 6.07) is -12.0. The standard InChI is InChI=1S/C70H125N13O15/c1-26-43(14)56-68(95)81(23)58(42(12)13)69(96)79(21)46(17)61(88)71-32-29-52(85)74-50(36-39(6)7)65(92)83(25)60(45(16)28-3)70(97)98-47(18)57(77-62(89)51(37-40(8)9)80(22)67(94)55(41(10)11)73-48(19)84)66(93)78(20)34-31-54(87)75-49(35-38(4)5)64(91)82(24)59(44(15)27-2)63(90)72-33-30-53(86)76-56/h38-47,49-51,55-60H,26-37H2,1-25H3,(H,71,88)(H,72,90)(H,73,84)(H,74,85)(H,75,87)(H,76,86)(H,77,89)/t43-,44-,45-,46-,47+,49+,50+,51-,55+,56+,57-,58-,59-,60+/m0/s1. The molecular weight excluding hydrogens is 1260 g/mol. The molecule has 28 nitrogen and oxygen atoms in total. The number of nitrogens with zero attached hydrogens (tertiary/aromatic N) is 6. The Hall–Kier alpha value is -7.42. The molecular formula is C70H125N13O15. The lowest BCUT2D eigenvalue weighted by Crippen LogP contribution is -2.61. The normalized spacial score (nSPS) is 25.1. The van der Waals surface area contributed by atoms with Crippen LogP contribution in [0, 0.1) is 47.3 Å². The molecule has 14 atom stereocenters. The molecule has 1 aliphatic heterocycles. The van der Waals surface area contributed by atoms with Gasteiger partial charge in [0.1, 0.15) is 66.5 Å². The molecule has 0 saturated carbocycles. The fraction of sp³-hybridized carbons (Fsp3) is 0.800. The van der Waals surface area contributed by atoms with Gasteiger partial charge in [-0.15, -0.1) is 0 Å². The lowest BCUT2D eigenvalue weighted by Gasteiger charge is -2.37. The topological polar surface area (TPSA) is 352 Å². The Kier molecular flexibility index (Phi) is 37.8. The quantitative estimate of drug-likeness (QED) is 0.0915. The molecule has 1 saturated heterocycles. The van der Waals surface area contributed by atoms with E-state index in [1.165, 1.54) is 87.6 Å². The van der Waals surface area contributed by atoms with E-state index in [0.717, 1.165) is 4.90 Å². The van der Waals surface area contributed by atoms with E-state index in [2.05, 4.69) is 37.2 Å². The molecule has 1 fully saturated rings. The third-order valence-electron chi connectivity index (χ3n) is 18.6. The molecule has 1 aliphatic rings. The Morgan fingerprint density at radius 3 is 1.45 bits per heavy atom. The van der Waals surface area contributed by atoms with Crippen molar-refractivity contribution in [1.29, 1.82) is 0 Å². The fourth-order valence-corrected chi connectivity index (χ4v) is 11.9. The summed E-state index contributed by atoms with van der Waals surface area (Å²) in [6.45, 7) is 32.2. The minimum Gasteiger partial charge on any atom is -0.458 e. The number of rotatable bonds is 19. The van der Waals surface area contributed by atoms with Crippen LogP contribution >= 0.6 is 0 Å². The van der Waals surface area contributed by atoms with Gasteiger partial charge < -0.3 is 71.4 Å². The number of carbonyl (C=O) groups excluding carboxylic acids is 14. The van der Waals surface area contributed by atoms with Crippen molar-refractivity contribution in [3.05, 3.63) is 0 Å². The molecule has 98 heavy (non-hydrogen) atoms. The molecule has 0 spiro atoms. The summed E-state index contributed by atoms with van der Waals surface area (Å²) in [5.74, 6) is -11.9. The van der Waals surface area contributed by atoms with Crippen LogP contribution in [0.3, 0.4) is 0 Å². The highest BCUT2D eigenvalue weighted by Crippen LogP contribution is 2.24. The first-order valence-electron chi connectivity index (χ1n) is 35.2. The number of cyclic esters (lactones) is 1. The van der Waals surface area contributed by atoms with Gasteiger partial charge in [-0.2, -0.15) is 0 Å². The molecule has 0 aliphatic carbocycles.